The van der Waals surface area contributed by atoms with E-state index in [1.165, 1.54) is 0 Å². The summed E-state index contributed by atoms with van der Waals surface area (Å²) in [5.41, 5.74) is 2.99. The van der Waals surface area contributed by atoms with Crippen molar-refractivity contribution in [3.8, 4) is 5.69 Å². The van der Waals surface area contributed by atoms with Gasteiger partial charge >= 0.3 is 5.97 Å². The van der Waals surface area contributed by atoms with Crippen molar-refractivity contribution in [3.63, 3.8) is 0 Å². The van der Waals surface area contributed by atoms with Crippen molar-refractivity contribution in [2.75, 3.05) is 39.8 Å². The highest BCUT2D eigenvalue weighted by atomic mass is 35.5. The fourth-order valence-corrected chi connectivity index (χ4v) is 3.79. The first-order valence-electron chi connectivity index (χ1n) is 9.76. The Kier molecular flexibility index (Phi) is 5.80. The summed E-state index contributed by atoms with van der Waals surface area (Å²) in [6.45, 7) is 6.64. The molecule has 152 valence electrons. The van der Waals surface area contributed by atoms with Gasteiger partial charge in [0.25, 0.3) is 0 Å². The number of hydrogen-bond donors (Lipinski definition) is 0. The molecule has 7 nitrogen and oxygen atoms in total. The number of hydrogen-bond acceptors (Lipinski definition) is 6. The average Bonchev–Trinajstić information content (AvgIpc) is 3.12. The van der Waals surface area contributed by atoms with E-state index >= 15 is 0 Å². The highest BCUT2D eigenvalue weighted by molar-refractivity contribution is 6.31. The third kappa shape index (κ3) is 4.12. The molecule has 1 fully saturated rings. The first kappa shape index (κ1) is 19.8. The van der Waals surface area contributed by atoms with E-state index < -0.39 is 0 Å². The molecule has 0 N–H and O–H groups in total. The van der Waals surface area contributed by atoms with Gasteiger partial charge in [-0.1, -0.05) is 11.6 Å². The van der Waals surface area contributed by atoms with Crippen LogP contribution in [0.5, 0.6) is 0 Å². The molecule has 0 bridgehead atoms. The van der Waals surface area contributed by atoms with Crippen LogP contribution in [0.1, 0.15) is 23.0 Å². The number of ether oxygens (including phenoxy) is 1. The molecule has 1 aromatic carbocycles. The van der Waals surface area contributed by atoms with Crippen molar-refractivity contribution < 1.29 is 9.53 Å². The number of halogens is 1. The molecule has 1 saturated heterocycles. The molecule has 0 atom stereocenters. The molecule has 0 spiro atoms. The summed E-state index contributed by atoms with van der Waals surface area (Å²) in [5.74, 6) is -0.343. The topological polar surface area (TPSA) is 63.5 Å². The van der Waals surface area contributed by atoms with Crippen LogP contribution in [-0.2, 0) is 11.3 Å². The lowest BCUT2D eigenvalue weighted by atomic mass is 10.1. The number of nitrogens with zero attached hydrogens (tertiary/aromatic N) is 5. The Morgan fingerprint density at radius 2 is 2.00 bits per heavy atom. The number of rotatable bonds is 5. The molecule has 3 heterocycles. The van der Waals surface area contributed by atoms with E-state index in [4.69, 9.17) is 16.3 Å². The molecule has 8 heteroatoms. The minimum Gasteiger partial charge on any atom is -0.462 e. The summed E-state index contributed by atoms with van der Waals surface area (Å²) in [7, 11) is 2.12. The number of likely N-dealkylation sites (N-methyl/N-ethyl adjacent to an activating group) is 1. The molecule has 0 radical (unpaired) electrons. The van der Waals surface area contributed by atoms with Gasteiger partial charge in [-0.3, -0.25) is 9.88 Å². The van der Waals surface area contributed by atoms with E-state index in [-0.39, 0.29) is 5.97 Å². The van der Waals surface area contributed by atoms with Crippen LogP contribution in [0.3, 0.4) is 0 Å². The molecule has 1 aliphatic rings. The maximum atomic E-state index is 12.6. The standard InChI is InChI=1S/C21H24ClN5O2/c1-3-29-21(28)17-13-24-27(20(17)14-26-10-8-25(2)9-11-26)19-6-7-23-18-12-15(22)4-5-16(18)19/h4-7,12-13H,3,8-11,14H2,1-2H3. The first-order chi connectivity index (χ1) is 14.1. The van der Waals surface area contributed by atoms with E-state index in [0.717, 1.165) is 48.5 Å². The molecule has 0 amide bonds. The van der Waals surface area contributed by atoms with Crippen molar-refractivity contribution >= 4 is 28.5 Å². The van der Waals surface area contributed by atoms with Crippen LogP contribution in [0, 0.1) is 0 Å². The lowest BCUT2D eigenvalue weighted by Gasteiger charge is -2.32. The smallest absolute Gasteiger partial charge is 0.341 e. The second kappa shape index (κ2) is 8.49. The van der Waals surface area contributed by atoms with Gasteiger partial charge in [-0.2, -0.15) is 5.10 Å². The van der Waals surface area contributed by atoms with Gasteiger partial charge in [0, 0.05) is 49.3 Å². The number of fused-ring (bicyclic) bond motifs is 1. The predicted molar refractivity (Wildman–Crippen MR) is 113 cm³/mol. The Morgan fingerprint density at radius 3 is 2.76 bits per heavy atom. The van der Waals surface area contributed by atoms with Crippen LogP contribution in [-0.4, -0.2) is 70.4 Å². The maximum absolute atomic E-state index is 12.6. The Morgan fingerprint density at radius 1 is 1.21 bits per heavy atom. The van der Waals surface area contributed by atoms with Crippen LogP contribution in [0.4, 0.5) is 0 Å². The zero-order valence-corrected chi connectivity index (χ0v) is 17.4. The van der Waals surface area contributed by atoms with Gasteiger partial charge in [-0.05, 0) is 38.2 Å². The van der Waals surface area contributed by atoms with Crippen molar-refractivity contribution in [3.05, 3.63) is 52.9 Å². The van der Waals surface area contributed by atoms with Gasteiger partial charge < -0.3 is 9.64 Å². The summed E-state index contributed by atoms with van der Waals surface area (Å²) < 4.78 is 7.11. The summed E-state index contributed by atoms with van der Waals surface area (Å²) in [4.78, 5) is 21.6. The zero-order chi connectivity index (χ0) is 20.4. The largest absolute Gasteiger partial charge is 0.462 e. The summed E-state index contributed by atoms with van der Waals surface area (Å²) >= 11 is 6.14. The molecule has 2 aromatic heterocycles. The van der Waals surface area contributed by atoms with E-state index in [0.29, 0.717) is 23.7 Å². The van der Waals surface area contributed by atoms with Gasteiger partial charge in [-0.15, -0.1) is 0 Å². The lowest BCUT2D eigenvalue weighted by molar-refractivity contribution is 0.0522. The number of pyridine rings is 1. The third-order valence-electron chi connectivity index (χ3n) is 5.24. The van der Waals surface area contributed by atoms with Gasteiger partial charge in [0.1, 0.15) is 5.56 Å². The third-order valence-corrected chi connectivity index (χ3v) is 5.48. The second-order valence-corrected chi connectivity index (χ2v) is 7.64. The molecule has 1 aliphatic heterocycles. The molecular weight excluding hydrogens is 390 g/mol. The van der Waals surface area contributed by atoms with Crippen molar-refractivity contribution in [1.29, 1.82) is 0 Å². The first-order valence-corrected chi connectivity index (χ1v) is 10.1. The summed E-state index contributed by atoms with van der Waals surface area (Å²) in [5, 5.41) is 6.12. The second-order valence-electron chi connectivity index (χ2n) is 7.21. The molecule has 0 aliphatic carbocycles. The molecule has 3 aromatic rings. The Bertz CT molecular complexity index is 1030. The highest BCUT2D eigenvalue weighted by Crippen LogP contribution is 2.26. The van der Waals surface area contributed by atoms with Crippen LogP contribution in [0.15, 0.2) is 36.7 Å². The zero-order valence-electron chi connectivity index (χ0n) is 16.6. The number of piperazine rings is 1. The van der Waals surface area contributed by atoms with Crippen molar-refractivity contribution in [2.45, 2.75) is 13.5 Å². The Labute approximate surface area is 174 Å². The van der Waals surface area contributed by atoms with Crippen LogP contribution < -0.4 is 0 Å². The van der Waals surface area contributed by atoms with E-state index in [1.807, 2.05) is 35.9 Å². The normalized spacial score (nSPS) is 15.7. The molecule has 4 rings (SSSR count). The maximum Gasteiger partial charge on any atom is 0.341 e. The van der Waals surface area contributed by atoms with E-state index in [1.54, 1.807) is 12.4 Å². The van der Waals surface area contributed by atoms with Gasteiger partial charge in [0.05, 0.1) is 29.7 Å². The Hall–Kier alpha value is -2.48. The molecular formula is C21H24ClN5O2. The number of benzene rings is 1. The van der Waals surface area contributed by atoms with Gasteiger partial charge in [0.2, 0.25) is 0 Å². The van der Waals surface area contributed by atoms with Crippen LogP contribution >= 0.6 is 11.6 Å². The minimum atomic E-state index is -0.343. The fourth-order valence-electron chi connectivity index (χ4n) is 3.62. The fraction of sp³-hybridized carbons (Fsp3) is 0.381. The monoisotopic (exact) mass is 413 g/mol. The van der Waals surface area contributed by atoms with Gasteiger partial charge in [-0.25, -0.2) is 9.48 Å². The SMILES string of the molecule is CCOC(=O)c1cnn(-c2ccnc3cc(Cl)ccc23)c1CN1CCN(C)CC1. The van der Waals surface area contributed by atoms with Gasteiger partial charge in [0.15, 0.2) is 0 Å². The van der Waals surface area contributed by atoms with E-state index in [9.17, 15) is 4.79 Å². The summed E-state index contributed by atoms with van der Waals surface area (Å²) in [6.07, 6.45) is 3.34. The summed E-state index contributed by atoms with van der Waals surface area (Å²) in [6, 6.07) is 7.51. The number of esters is 1. The van der Waals surface area contributed by atoms with Crippen LogP contribution in [0.25, 0.3) is 16.6 Å². The predicted octanol–water partition coefficient (Wildman–Crippen LogP) is 3.00. The number of aromatic nitrogens is 3. The van der Waals surface area contributed by atoms with E-state index in [2.05, 4.69) is 26.9 Å². The number of carbonyl (C=O) groups excluding carboxylic acids is 1. The van der Waals surface area contributed by atoms with Crippen molar-refractivity contribution in [1.82, 2.24) is 24.6 Å². The average molecular weight is 414 g/mol. The van der Waals surface area contributed by atoms with Crippen LogP contribution in [0.2, 0.25) is 5.02 Å². The number of carbonyl (C=O) groups is 1. The van der Waals surface area contributed by atoms with Crippen molar-refractivity contribution in [2.24, 2.45) is 0 Å². The quantitative estimate of drug-likeness (QED) is 0.599. The highest BCUT2D eigenvalue weighted by Gasteiger charge is 2.24. The molecule has 0 saturated carbocycles. The molecule has 0 unspecified atom stereocenters. The molecule has 29 heavy (non-hydrogen) atoms. The Balaban J connectivity index is 1.78. The minimum absolute atomic E-state index is 0.328. The lowest BCUT2D eigenvalue weighted by Crippen LogP contribution is -2.44.